The van der Waals surface area contributed by atoms with Crippen molar-refractivity contribution < 1.29 is 24.5 Å². The Labute approximate surface area is 462 Å². The zero-order valence-electron chi connectivity index (χ0n) is 50.1. The molecule has 6 heteroatoms. The third-order valence-corrected chi connectivity index (χ3v) is 15.7. The second kappa shape index (κ2) is 63.9. The van der Waals surface area contributed by atoms with Gasteiger partial charge in [0.15, 0.2) is 0 Å². The zero-order chi connectivity index (χ0) is 53.6. The number of unbranched alkanes of at least 4 members (excludes halogenated alkanes) is 48. The van der Waals surface area contributed by atoms with Gasteiger partial charge in [0.25, 0.3) is 0 Å². The highest BCUT2D eigenvalue weighted by molar-refractivity contribution is 5.76. The molecular formula is C68H131NO5. The van der Waals surface area contributed by atoms with Gasteiger partial charge in [0.2, 0.25) is 5.91 Å². The lowest BCUT2D eigenvalue weighted by atomic mass is 10.0. The summed E-state index contributed by atoms with van der Waals surface area (Å²) in [6.45, 7) is 4.96. The predicted octanol–water partition coefficient (Wildman–Crippen LogP) is 21.4. The van der Waals surface area contributed by atoms with Crippen LogP contribution in [0.4, 0.5) is 0 Å². The van der Waals surface area contributed by atoms with E-state index in [1.165, 1.54) is 283 Å². The summed E-state index contributed by atoms with van der Waals surface area (Å²) in [5.74, 6) is -0.0499. The minimum atomic E-state index is -0.675. The summed E-state index contributed by atoms with van der Waals surface area (Å²) < 4.78 is 5.47. The molecule has 0 aliphatic carbocycles. The first kappa shape index (κ1) is 72.3. The molecule has 1 amide bonds. The molecule has 0 aliphatic heterocycles. The second-order valence-electron chi connectivity index (χ2n) is 23.1. The molecule has 2 atom stereocenters. The number of hydrogen-bond acceptors (Lipinski definition) is 5. The standard InChI is InChI=1S/C68H131NO5/c1-3-5-7-9-11-13-15-17-19-20-21-22-23-24-25-26-27-30-33-36-40-44-48-52-56-60-66(71)65(64-70)69-67(72)61-57-53-49-45-41-37-34-31-28-29-32-35-39-43-47-51-55-59-63-74-68(73)62-58-54-50-46-42-38-18-16-14-12-10-8-6-4-2/h16,18,31,34,65-66,70-71H,3-15,17,19-30,32-33,35-64H2,1-2H3,(H,69,72)/b18-16-,34-31-. The molecule has 0 saturated heterocycles. The molecule has 74 heavy (non-hydrogen) atoms. The number of aliphatic hydroxyl groups is 2. The Morgan fingerprint density at radius 2 is 0.635 bits per heavy atom. The molecule has 0 heterocycles. The van der Waals surface area contributed by atoms with Gasteiger partial charge in [-0.25, -0.2) is 0 Å². The van der Waals surface area contributed by atoms with E-state index in [2.05, 4.69) is 43.5 Å². The topological polar surface area (TPSA) is 95.9 Å². The van der Waals surface area contributed by atoms with Crippen molar-refractivity contribution in [3.8, 4) is 0 Å². The van der Waals surface area contributed by atoms with E-state index in [-0.39, 0.29) is 18.5 Å². The first-order valence-corrected chi connectivity index (χ1v) is 33.6. The number of rotatable bonds is 63. The van der Waals surface area contributed by atoms with Crippen LogP contribution in [-0.2, 0) is 14.3 Å². The van der Waals surface area contributed by atoms with E-state index in [0.29, 0.717) is 25.9 Å². The fourth-order valence-corrected chi connectivity index (χ4v) is 10.6. The van der Waals surface area contributed by atoms with Crippen LogP contribution in [0.2, 0.25) is 0 Å². The average molecular weight is 1040 g/mol. The van der Waals surface area contributed by atoms with Gasteiger partial charge in [0.05, 0.1) is 25.4 Å². The highest BCUT2D eigenvalue weighted by atomic mass is 16.5. The van der Waals surface area contributed by atoms with Crippen LogP contribution in [-0.4, -0.2) is 47.4 Å². The zero-order valence-corrected chi connectivity index (χ0v) is 50.1. The van der Waals surface area contributed by atoms with Crippen molar-refractivity contribution >= 4 is 11.9 Å². The first-order valence-electron chi connectivity index (χ1n) is 33.6. The van der Waals surface area contributed by atoms with Gasteiger partial charge < -0.3 is 20.3 Å². The maximum Gasteiger partial charge on any atom is 0.305 e. The monoisotopic (exact) mass is 1040 g/mol. The Kier molecular flexibility index (Phi) is 62.4. The fourth-order valence-electron chi connectivity index (χ4n) is 10.6. The second-order valence-corrected chi connectivity index (χ2v) is 23.1. The lowest BCUT2D eigenvalue weighted by Gasteiger charge is -2.22. The molecule has 0 rings (SSSR count). The van der Waals surface area contributed by atoms with Gasteiger partial charge in [0.1, 0.15) is 0 Å². The van der Waals surface area contributed by atoms with Crippen LogP contribution < -0.4 is 5.32 Å². The molecule has 0 bridgehead atoms. The van der Waals surface area contributed by atoms with E-state index in [1.807, 2.05) is 0 Å². The normalized spacial score (nSPS) is 12.6. The van der Waals surface area contributed by atoms with Gasteiger partial charge >= 0.3 is 5.97 Å². The number of carbonyl (C=O) groups is 2. The van der Waals surface area contributed by atoms with Crippen LogP contribution in [0.1, 0.15) is 373 Å². The third kappa shape index (κ3) is 59.6. The van der Waals surface area contributed by atoms with E-state index in [9.17, 15) is 19.8 Å². The average Bonchev–Trinajstić information content (AvgIpc) is 3.40. The van der Waals surface area contributed by atoms with E-state index < -0.39 is 12.1 Å². The lowest BCUT2D eigenvalue weighted by molar-refractivity contribution is -0.143. The quantitative estimate of drug-likeness (QED) is 0.0320. The molecule has 0 spiro atoms. The van der Waals surface area contributed by atoms with E-state index in [0.717, 1.165) is 57.8 Å². The number of hydrogen-bond donors (Lipinski definition) is 3. The molecule has 0 aromatic carbocycles. The number of aliphatic hydroxyl groups excluding tert-OH is 2. The predicted molar refractivity (Wildman–Crippen MR) is 324 cm³/mol. The van der Waals surface area contributed by atoms with Crippen molar-refractivity contribution in [3.63, 3.8) is 0 Å². The Hall–Kier alpha value is -1.66. The van der Waals surface area contributed by atoms with Crippen LogP contribution in [0.3, 0.4) is 0 Å². The molecule has 6 nitrogen and oxygen atoms in total. The summed E-state index contributed by atoms with van der Waals surface area (Å²) in [5.41, 5.74) is 0. The van der Waals surface area contributed by atoms with Gasteiger partial charge in [-0.05, 0) is 77.0 Å². The maximum absolute atomic E-state index is 12.5. The number of allylic oxidation sites excluding steroid dienone is 4. The summed E-state index contributed by atoms with van der Waals surface area (Å²) in [4.78, 5) is 24.6. The first-order chi connectivity index (χ1) is 36.5. The van der Waals surface area contributed by atoms with Crippen LogP contribution in [0, 0.1) is 0 Å². The summed E-state index contributed by atoms with van der Waals surface area (Å²) in [5, 5.41) is 23.4. The largest absolute Gasteiger partial charge is 0.466 e. The van der Waals surface area contributed by atoms with Gasteiger partial charge in [-0.2, -0.15) is 0 Å². The highest BCUT2D eigenvalue weighted by Crippen LogP contribution is 2.18. The minimum absolute atomic E-state index is 0.00462. The molecule has 3 N–H and O–H groups in total. The van der Waals surface area contributed by atoms with Crippen LogP contribution in [0.5, 0.6) is 0 Å². The van der Waals surface area contributed by atoms with Crippen LogP contribution in [0.25, 0.3) is 0 Å². The molecule has 0 fully saturated rings. The Morgan fingerprint density at radius 1 is 0.365 bits per heavy atom. The Morgan fingerprint density at radius 3 is 0.959 bits per heavy atom. The Balaban J connectivity index is 3.44. The van der Waals surface area contributed by atoms with Gasteiger partial charge in [0, 0.05) is 12.8 Å². The molecular weight excluding hydrogens is 911 g/mol. The summed E-state index contributed by atoms with van der Waals surface area (Å²) in [6.07, 6.45) is 79.2. The van der Waals surface area contributed by atoms with Crippen molar-refractivity contribution in [2.45, 2.75) is 386 Å². The van der Waals surface area contributed by atoms with Crippen molar-refractivity contribution in [3.05, 3.63) is 24.3 Å². The fraction of sp³-hybridized carbons (Fsp3) is 0.912. The van der Waals surface area contributed by atoms with E-state index in [4.69, 9.17) is 4.74 Å². The number of carbonyl (C=O) groups excluding carboxylic acids is 2. The Bertz CT molecular complexity index is 1150. The molecule has 438 valence electrons. The summed E-state index contributed by atoms with van der Waals surface area (Å²) >= 11 is 0. The van der Waals surface area contributed by atoms with Gasteiger partial charge in [-0.1, -0.05) is 308 Å². The van der Waals surface area contributed by atoms with Crippen molar-refractivity contribution in [2.24, 2.45) is 0 Å². The smallest absolute Gasteiger partial charge is 0.305 e. The molecule has 0 aliphatic rings. The molecule has 0 aromatic heterocycles. The van der Waals surface area contributed by atoms with Crippen LogP contribution >= 0.6 is 0 Å². The van der Waals surface area contributed by atoms with Gasteiger partial charge in [-0.3, -0.25) is 9.59 Å². The summed E-state index contributed by atoms with van der Waals surface area (Å²) in [7, 11) is 0. The number of nitrogens with one attached hydrogen (secondary N) is 1. The van der Waals surface area contributed by atoms with Crippen LogP contribution in [0.15, 0.2) is 24.3 Å². The molecule has 2 unspecified atom stereocenters. The summed E-state index contributed by atoms with van der Waals surface area (Å²) in [6, 6.07) is -0.553. The van der Waals surface area contributed by atoms with Gasteiger partial charge in [-0.15, -0.1) is 0 Å². The molecule has 0 aromatic rings. The SMILES string of the molecule is CCCCCCC/C=C\CCCCCCCC(=O)OCCCCCCCCCCC/C=C\CCCCCCCC(=O)NC(CO)C(O)CCCCCCCCCCCCCCCCCCCCCCCCCCC. The maximum atomic E-state index is 12.5. The van der Waals surface area contributed by atoms with E-state index >= 15 is 0 Å². The van der Waals surface area contributed by atoms with Crippen molar-refractivity contribution in [1.29, 1.82) is 0 Å². The minimum Gasteiger partial charge on any atom is -0.466 e. The highest BCUT2D eigenvalue weighted by Gasteiger charge is 2.20. The lowest BCUT2D eigenvalue weighted by Crippen LogP contribution is -2.45. The molecule has 0 radical (unpaired) electrons. The van der Waals surface area contributed by atoms with Crippen molar-refractivity contribution in [2.75, 3.05) is 13.2 Å². The van der Waals surface area contributed by atoms with E-state index in [1.54, 1.807) is 0 Å². The van der Waals surface area contributed by atoms with Crippen molar-refractivity contribution in [1.82, 2.24) is 5.32 Å². The molecule has 0 saturated carbocycles. The number of esters is 1. The number of ether oxygens (including phenoxy) is 1. The third-order valence-electron chi connectivity index (χ3n) is 15.7. The number of amides is 1.